The standard InChI is InChI=1S/C18H21N5O3/c1-21(2)9-10-23-17(24)14-11-19-15(20-16(14)22(3)18(23)25)12-5-7-13(26-4)8-6-12/h5-8,11H,9-10H2,1-4H3. The molecule has 0 fully saturated rings. The number of aryl methyl sites for hydroxylation is 1. The van der Waals surface area contributed by atoms with Crippen molar-refractivity contribution in [3.63, 3.8) is 0 Å². The van der Waals surface area contributed by atoms with Crippen LogP contribution in [0.4, 0.5) is 0 Å². The molecule has 0 radical (unpaired) electrons. The number of rotatable bonds is 5. The van der Waals surface area contributed by atoms with Gasteiger partial charge in [-0.1, -0.05) is 0 Å². The highest BCUT2D eigenvalue weighted by Crippen LogP contribution is 2.19. The highest BCUT2D eigenvalue weighted by atomic mass is 16.5. The van der Waals surface area contributed by atoms with Crippen LogP contribution >= 0.6 is 0 Å². The molecule has 2 heterocycles. The van der Waals surface area contributed by atoms with Crippen LogP contribution in [0.1, 0.15) is 0 Å². The number of nitrogens with zero attached hydrogens (tertiary/aromatic N) is 5. The van der Waals surface area contributed by atoms with Crippen molar-refractivity contribution < 1.29 is 4.74 Å². The van der Waals surface area contributed by atoms with Crippen LogP contribution in [-0.4, -0.2) is 51.8 Å². The number of aromatic nitrogens is 4. The fourth-order valence-corrected chi connectivity index (χ4v) is 2.66. The first-order chi connectivity index (χ1) is 12.4. The summed E-state index contributed by atoms with van der Waals surface area (Å²) in [5, 5.41) is 0.322. The third-order valence-corrected chi connectivity index (χ3v) is 4.20. The van der Waals surface area contributed by atoms with Crippen LogP contribution in [0.5, 0.6) is 5.75 Å². The average molecular weight is 355 g/mol. The summed E-state index contributed by atoms with van der Waals surface area (Å²) in [7, 11) is 6.99. The minimum Gasteiger partial charge on any atom is -0.497 e. The Morgan fingerprint density at radius 3 is 2.46 bits per heavy atom. The van der Waals surface area contributed by atoms with Gasteiger partial charge in [0, 0.05) is 31.9 Å². The predicted molar refractivity (Wildman–Crippen MR) is 99.6 cm³/mol. The molecule has 0 saturated heterocycles. The fraction of sp³-hybridized carbons (Fsp3) is 0.333. The van der Waals surface area contributed by atoms with E-state index in [0.717, 1.165) is 11.3 Å². The van der Waals surface area contributed by atoms with Gasteiger partial charge in [0.05, 0.1) is 7.11 Å². The second kappa shape index (κ2) is 7.09. The van der Waals surface area contributed by atoms with Crippen LogP contribution in [-0.2, 0) is 13.6 Å². The molecule has 8 heteroatoms. The van der Waals surface area contributed by atoms with Gasteiger partial charge in [0.25, 0.3) is 5.56 Å². The summed E-state index contributed by atoms with van der Waals surface area (Å²) in [6.07, 6.45) is 1.48. The van der Waals surface area contributed by atoms with Gasteiger partial charge in [0.2, 0.25) is 0 Å². The Morgan fingerprint density at radius 1 is 1.15 bits per heavy atom. The maximum atomic E-state index is 12.7. The van der Waals surface area contributed by atoms with Gasteiger partial charge in [0.15, 0.2) is 11.5 Å². The lowest BCUT2D eigenvalue weighted by atomic mass is 10.2. The van der Waals surface area contributed by atoms with E-state index in [4.69, 9.17) is 4.74 Å². The zero-order valence-electron chi connectivity index (χ0n) is 15.3. The van der Waals surface area contributed by atoms with Crippen molar-refractivity contribution in [1.82, 2.24) is 24.0 Å². The first-order valence-electron chi connectivity index (χ1n) is 8.18. The maximum absolute atomic E-state index is 12.7. The largest absolute Gasteiger partial charge is 0.497 e. The maximum Gasteiger partial charge on any atom is 0.332 e. The number of fused-ring (bicyclic) bond motifs is 1. The number of benzene rings is 1. The summed E-state index contributed by atoms with van der Waals surface area (Å²) >= 11 is 0. The van der Waals surface area contributed by atoms with Crippen LogP contribution < -0.4 is 16.0 Å². The molecule has 0 amide bonds. The summed E-state index contributed by atoms with van der Waals surface area (Å²) in [6, 6.07) is 7.27. The molecule has 0 saturated carbocycles. The molecule has 0 aliphatic carbocycles. The summed E-state index contributed by atoms with van der Waals surface area (Å²) in [6.45, 7) is 0.903. The van der Waals surface area contributed by atoms with E-state index in [0.29, 0.717) is 29.9 Å². The van der Waals surface area contributed by atoms with Crippen molar-refractivity contribution in [1.29, 1.82) is 0 Å². The molecule has 8 nitrogen and oxygen atoms in total. The second-order valence-electron chi connectivity index (χ2n) is 6.26. The Morgan fingerprint density at radius 2 is 1.85 bits per heavy atom. The highest BCUT2D eigenvalue weighted by Gasteiger charge is 2.14. The Labute approximate surface area is 150 Å². The molecule has 3 rings (SSSR count). The first-order valence-corrected chi connectivity index (χ1v) is 8.18. The van der Waals surface area contributed by atoms with E-state index in [-0.39, 0.29) is 11.2 Å². The van der Waals surface area contributed by atoms with Crippen molar-refractivity contribution in [3.05, 3.63) is 51.3 Å². The van der Waals surface area contributed by atoms with Gasteiger partial charge >= 0.3 is 5.69 Å². The van der Waals surface area contributed by atoms with Gasteiger partial charge in [-0.25, -0.2) is 14.8 Å². The smallest absolute Gasteiger partial charge is 0.332 e. The van der Waals surface area contributed by atoms with Gasteiger partial charge in [-0.2, -0.15) is 0 Å². The lowest BCUT2D eigenvalue weighted by Crippen LogP contribution is -2.41. The number of methoxy groups -OCH3 is 1. The minimum atomic E-state index is -0.385. The van der Waals surface area contributed by atoms with Gasteiger partial charge in [-0.15, -0.1) is 0 Å². The quantitative estimate of drug-likeness (QED) is 0.671. The molecule has 0 atom stereocenters. The SMILES string of the molecule is COc1ccc(-c2ncc3c(=O)n(CCN(C)C)c(=O)n(C)c3n2)cc1. The number of likely N-dealkylation sites (N-methyl/N-ethyl adjacent to an activating group) is 1. The van der Waals surface area contributed by atoms with E-state index in [1.165, 1.54) is 15.3 Å². The van der Waals surface area contributed by atoms with Crippen molar-refractivity contribution in [2.75, 3.05) is 27.7 Å². The normalized spacial score (nSPS) is 11.3. The lowest BCUT2D eigenvalue weighted by Gasteiger charge is -2.13. The number of hydrogen-bond donors (Lipinski definition) is 0. The molecule has 136 valence electrons. The van der Waals surface area contributed by atoms with E-state index < -0.39 is 0 Å². The third-order valence-electron chi connectivity index (χ3n) is 4.20. The van der Waals surface area contributed by atoms with E-state index in [2.05, 4.69) is 9.97 Å². The van der Waals surface area contributed by atoms with Crippen molar-refractivity contribution in [3.8, 4) is 17.1 Å². The van der Waals surface area contributed by atoms with E-state index in [1.54, 1.807) is 26.3 Å². The van der Waals surface area contributed by atoms with Crippen LogP contribution in [0, 0.1) is 0 Å². The molecule has 0 N–H and O–H groups in total. The van der Waals surface area contributed by atoms with Crippen LogP contribution in [0.3, 0.4) is 0 Å². The predicted octanol–water partition coefficient (Wildman–Crippen LogP) is 0.727. The van der Waals surface area contributed by atoms with Crippen LogP contribution in [0.25, 0.3) is 22.4 Å². The first kappa shape index (κ1) is 17.8. The molecular formula is C18H21N5O3. The van der Waals surface area contributed by atoms with Crippen molar-refractivity contribution >= 4 is 11.0 Å². The number of hydrogen-bond acceptors (Lipinski definition) is 6. The summed E-state index contributed by atoms with van der Waals surface area (Å²) in [5.74, 6) is 1.17. The van der Waals surface area contributed by atoms with Crippen LogP contribution in [0.2, 0.25) is 0 Å². The molecule has 0 bridgehead atoms. The second-order valence-corrected chi connectivity index (χ2v) is 6.26. The Bertz CT molecular complexity index is 1050. The molecule has 1 aromatic carbocycles. The molecular weight excluding hydrogens is 334 g/mol. The van der Waals surface area contributed by atoms with Gasteiger partial charge in [0.1, 0.15) is 11.1 Å². The number of ether oxygens (including phenoxy) is 1. The van der Waals surface area contributed by atoms with E-state index >= 15 is 0 Å². The fourth-order valence-electron chi connectivity index (χ4n) is 2.66. The van der Waals surface area contributed by atoms with Gasteiger partial charge in [-0.05, 0) is 38.4 Å². The Kier molecular flexibility index (Phi) is 4.85. The molecule has 26 heavy (non-hydrogen) atoms. The van der Waals surface area contributed by atoms with Crippen molar-refractivity contribution in [2.45, 2.75) is 6.54 Å². The van der Waals surface area contributed by atoms with Crippen LogP contribution in [0.15, 0.2) is 40.1 Å². The van der Waals surface area contributed by atoms with Gasteiger partial charge in [-0.3, -0.25) is 13.9 Å². The molecule has 2 aromatic heterocycles. The van der Waals surface area contributed by atoms with Gasteiger partial charge < -0.3 is 9.64 Å². The third kappa shape index (κ3) is 3.23. The molecule has 0 aliphatic rings. The monoisotopic (exact) mass is 355 g/mol. The van der Waals surface area contributed by atoms with E-state index in [1.807, 2.05) is 31.1 Å². The summed E-state index contributed by atoms with van der Waals surface area (Å²) < 4.78 is 7.76. The Hall–Kier alpha value is -3.00. The minimum absolute atomic E-state index is 0.314. The summed E-state index contributed by atoms with van der Waals surface area (Å²) in [4.78, 5) is 35.9. The zero-order valence-corrected chi connectivity index (χ0v) is 15.3. The van der Waals surface area contributed by atoms with E-state index in [9.17, 15) is 9.59 Å². The molecule has 0 unspecified atom stereocenters. The Balaban J connectivity index is 2.13. The van der Waals surface area contributed by atoms with Crippen molar-refractivity contribution in [2.24, 2.45) is 7.05 Å². The lowest BCUT2D eigenvalue weighted by molar-refractivity contribution is 0.375. The highest BCUT2D eigenvalue weighted by molar-refractivity contribution is 5.75. The molecule has 3 aromatic rings. The summed E-state index contributed by atoms with van der Waals surface area (Å²) in [5.41, 5.74) is 0.341. The molecule has 0 aliphatic heterocycles. The molecule has 0 spiro atoms. The zero-order chi connectivity index (χ0) is 18.8. The average Bonchev–Trinajstić information content (AvgIpc) is 2.65. The topological polar surface area (TPSA) is 82.3 Å².